The van der Waals surface area contributed by atoms with Gasteiger partial charge >= 0.3 is 6.55 Å². The average molecular weight is 580 g/mol. The monoisotopic (exact) mass is 579 g/mol. The molecule has 15 heteroatoms. The maximum Gasteiger partial charge on any atom is 0.350 e. The van der Waals surface area contributed by atoms with Crippen molar-refractivity contribution in [2.24, 2.45) is 0 Å². The number of halogens is 2. The second kappa shape index (κ2) is 12.1. The summed E-state index contributed by atoms with van der Waals surface area (Å²) in [5, 5.41) is 11.3. The molecule has 0 bridgehead atoms. The van der Waals surface area contributed by atoms with Gasteiger partial charge < -0.3 is 19.0 Å². The minimum Gasteiger partial charge on any atom is -0.444 e. The molecule has 1 atom stereocenters. The van der Waals surface area contributed by atoms with Gasteiger partial charge in [0, 0.05) is 51.0 Å². The van der Waals surface area contributed by atoms with E-state index in [0.29, 0.717) is 62.8 Å². The number of tetrazole rings is 1. The number of hydrogen-bond donors (Lipinski definition) is 0. The number of rotatable bonds is 7. The van der Waals surface area contributed by atoms with Gasteiger partial charge in [-0.2, -0.15) is 8.78 Å². The van der Waals surface area contributed by atoms with E-state index in [1.165, 1.54) is 12.5 Å². The fourth-order valence-electron chi connectivity index (χ4n) is 5.05. The Balaban J connectivity index is 1.14. The molecule has 2 saturated heterocycles. The number of aromatic nitrogens is 6. The Kier molecular flexibility index (Phi) is 7.92. The molecular weight excluding hydrogens is 552 g/mol. The van der Waals surface area contributed by atoms with Crippen LogP contribution in [-0.4, -0.2) is 109 Å². The summed E-state index contributed by atoms with van der Waals surface area (Å²) in [6, 6.07) is 12.1. The Morgan fingerprint density at radius 3 is 2.31 bits per heavy atom. The molecule has 2 amide bonds. The third-order valence-corrected chi connectivity index (χ3v) is 7.19. The highest BCUT2D eigenvalue weighted by Gasteiger charge is 2.32. The Hall–Kier alpha value is -4.63. The molecule has 4 aromatic rings. The van der Waals surface area contributed by atoms with Crippen molar-refractivity contribution in [1.82, 2.24) is 44.9 Å². The van der Waals surface area contributed by atoms with Crippen LogP contribution in [0.15, 0.2) is 59.3 Å². The lowest BCUT2D eigenvalue weighted by Crippen LogP contribution is -2.50. The summed E-state index contributed by atoms with van der Waals surface area (Å²) >= 11 is 0. The second-order valence-electron chi connectivity index (χ2n) is 9.76. The van der Waals surface area contributed by atoms with Gasteiger partial charge in [0.25, 0.3) is 11.8 Å². The highest BCUT2D eigenvalue weighted by atomic mass is 19.3. The van der Waals surface area contributed by atoms with Gasteiger partial charge in [0.15, 0.2) is 11.5 Å². The molecule has 2 fully saturated rings. The van der Waals surface area contributed by atoms with Crippen LogP contribution in [0.3, 0.4) is 0 Å². The molecule has 2 aliphatic rings. The maximum absolute atomic E-state index is 13.4. The molecule has 1 aromatic carbocycles. The third kappa shape index (κ3) is 5.73. The molecule has 0 spiro atoms. The first kappa shape index (κ1) is 27.5. The summed E-state index contributed by atoms with van der Waals surface area (Å²) in [6.45, 7) is 0.662. The Bertz CT molecular complexity index is 1530. The summed E-state index contributed by atoms with van der Waals surface area (Å²) in [5.41, 5.74) is 1.74. The number of amides is 2. The number of hydrogen-bond acceptors (Lipinski definition) is 10. The van der Waals surface area contributed by atoms with Crippen molar-refractivity contribution < 1.29 is 27.5 Å². The summed E-state index contributed by atoms with van der Waals surface area (Å²) < 4.78 is 37.2. The molecule has 42 heavy (non-hydrogen) atoms. The van der Waals surface area contributed by atoms with Crippen molar-refractivity contribution in [3.8, 4) is 11.5 Å². The molecule has 0 radical (unpaired) electrons. The van der Waals surface area contributed by atoms with E-state index in [-0.39, 0.29) is 34.9 Å². The maximum atomic E-state index is 13.4. The molecule has 0 saturated carbocycles. The van der Waals surface area contributed by atoms with E-state index in [1.807, 2.05) is 35.2 Å². The van der Waals surface area contributed by atoms with Gasteiger partial charge in [0.1, 0.15) is 12.0 Å². The zero-order chi connectivity index (χ0) is 29.1. The van der Waals surface area contributed by atoms with Crippen LogP contribution < -0.4 is 0 Å². The highest BCUT2D eigenvalue weighted by Crippen LogP contribution is 2.28. The number of carbonyl (C=O) groups is 2. The van der Waals surface area contributed by atoms with Gasteiger partial charge in [-0.25, -0.2) is 4.98 Å². The number of ether oxygens (including phenoxy) is 1. The van der Waals surface area contributed by atoms with E-state index in [4.69, 9.17) is 9.15 Å². The van der Waals surface area contributed by atoms with Crippen LogP contribution in [0, 0.1) is 0 Å². The van der Waals surface area contributed by atoms with Crippen LogP contribution in [0.25, 0.3) is 11.5 Å². The molecule has 0 aliphatic carbocycles. The zero-order valence-electron chi connectivity index (χ0n) is 22.4. The topological polar surface area (TPSA) is 136 Å². The lowest BCUT2D eigenvalue weighted by Gasteiger charge is -2.38. The van der Waals surface area contributed by atoms with E-state index in [9.17, 15) is 18.4 Å². The van der Waals surface area contributed by atoms with E-state index in [0.717, 1.165) is 5.56 Å². The number of alkyl halides is 2. The van der Waals surface area contributed by atoms with Gasteiger partial charge in [-0.1, -0.05) is 35.1 Å². The van der Waals surface area contributed by atoms with Gasteiger partial charge in [-0.3, -0.25) is 19.5 Å². The molecule has 6 rings (SSSR count). The summed E-state index contributed by atoms with van der Waals surface area (Å²) in [6.07, 6.45) is 2.81. The smallest absolute Gasteiger partial charge is 0.350 e. The van der Waals surface area contributed by atoms with Gasteiger partial charge in [0.2, 0.25) is 5.89 Å². The van der Waals surface area contributed by atoms with Gasteiger partial charge in [0.05, 0.1) is 19.3 Å². The Morgan fingerprint density at radius 1 is 0.881 bits per heavy atom. The van der Waals surface area contributed by atoms with Crippen molar-refractivity contribution in [2.45, 2.75) is 12.6 Å². The summed E-state index contributed by atoms with van der Waals surface area (Å²) in [4.78, 5) is 40.4. The number of morpholine rings is 1. The summed E-state index contributed by atoms with van der Waals surface area (Å²) in [7, 11) is 0. The zero-order valence-corrected chi connectivity index (χ0v) is 22.4. The molecule has 0 unspecified atom stereocenters. The van der Waals surface area contributed by atoms with E-state index < -0.39 is 12.6 Å². The van der Waals surface area contributed by atoms with E-state index >= 15 is 0 Å². The molecule has 3 aromatic heterocycles. The lowest BCUT2D eigenvalue weighted by molar-refractivity contribution is 0.0299. The van der Waals surface area contributed by atoms with Crippen molar-refractivity contribution in [3.63, 3.8) is 0 Å². The normalized spacial score (nSPS) is 17.0. The van der Waals surface area contributed by atoms with E-state index in [2.05, 4.69) is 25.4 Å². The number of benzene rings is 1. The Labute approximate surface area is 238 Å². The summed E-state index contributed by atoms with van der Waals surface area (Å²) in [5.74, 6) is -0.140. The highest BCUT2D eigenvalue weighted by molar-refractivity contribution is 5.94. The van der Waals surface area contributed by atoms with E-state index in [1.54, 1.807) is 21.9 Å². The number of carbonyl (C=O) groups excluding carboxylic acids is 2. The fraction of sp³-hybridized carbons (Fsp3) is 0.370. The van der Waals surface area contributed by atoms with Crippen molar-refractivity contribution in [1.29, 1.82) is 0 Å². The van der Waals surface area contributed by atoms with Crippen molar-refractivity contribution in [2.75, 3.05) is 52.5 Å². The van der Waals surface area contributed by atoms with Crippen LogP contribution in [-0.2, 0) is 4.74 Å². The van der Waals surface area contributed by atoms with Crippen LogP contribution in [0.2, 0.25) is 0 Å². The molecular formula is C27H27F2N9O4. The van der Waals surface area contributed by atoms with Crippen LogP contribution in [0.1, 0.15) is 45.0 Å². The molecule has 0 N–H and O–H groups in total. The minimum atomic E-state index is -2.89. The molecule has 5 heterocycles. The predicted octanol–water partition coefficient (Wildman–Crippen LogP) is 2.14. The molecule has 2 aliphatic heterocycles. The standard InChI is InChI=1S/C27H27F2N9O4/c28-27(29)38-33-23(32-34-38)22(18-4-2-1-3-5-18)35-8-10-36(11-9-35)25(39)20-16-19(6-7-30-20)24-31-21(17-42-24)26(40)37-12-14-41-15-13-37/h1-7,16-17,22,27H,8-15H2/t22-/m1/s1. The second-order valence-corrected chi connectivity index (χ2v) is 9.76. The minimum absolute atomic E-state index is 0.160. The number of piperazine rings is 1. The van der Waals surface area contributed by atoms with Crippen molar-refractivity contribution in [3.05, 3.63) is 77.7 Å². The number of oxazole rings is 1. The quantitative estimate of drug-likeness (QED) is 0.320. The molecule has 218 valence electrons. The third-order valence-electron chi connectivity index (χ3n) is 7.19. The SMILES string of the molecule is O=C(c1cc(-c2nc(C(=O)N3CCOCC3)co2)ccn1)N1CCN([C@H](c2ccccc2)c2nnn(C(F)F)n2)CC1. The first-order chi connectivity index (χ1) is 20.5. The lowest BCUT2D eigenvalue weighted by atomic mass is 10.0. The van der Waals surface area contributed by atoms with Crippen LogP contribution in [0.5, 0.6) is 0 Å². The first-order valence-corrected chi connectivity index (χ1v) is 13.4. The average Bonchev–Trinajstić information content (AvgIpc) is 3.73. The van der Waals surface area contributed by atoms with Crippen LogP contribution in [0.4, 0.5) is 8.78 Å². The number of pyridine rings is 1. The molecule has 13 nitrogen and oxygen atoms in total. The first-order valence-electron chi connectivity index (χ1n) is 13.4. The number of nitrogens with zero attached hydrogens (tertiary/aromatic N) is 9. The van der Waals surface area contributed by atoms with Gasteiger partial charge in [-0.15, -0.1) is 10.2 Å². The largest absolute Gasteiger partial charge is 0.444 e. The fourth-order valence-corrected chi connectivity index (χ4v) is 5.05. The Morgan fingerprint density at radius 2 is 1.60 bits per heavy atom. The predicted molar refractivity (Wildman–Crippen MR) is 141 cm³/mol. The van der Waals surface area contributed by atoms with Crippen LogP contribution >= 0.6 is 0 Å². The van der Waals surface area contributed by atoms with Crippen molar-refractivity contribution >= 4 is 11.8 Å². The van der Waals surface area contributed by atoms with Gasteiger partial charge in [-0.05, 0) is 22.9 Å².